The molecule has 0 saturated heterocycles. The first-order valence-electron chi connectivity index (χ1n) is 5.99. The van der Waals surface area contributed by atoms with Crippen molar-refractivity contribution >= 4 is 28.0 Å². The number of aromatic nitrogens is 1. The summed E-state index contributed by atoms with van der Waals surface area (Å²) in [5.41, 5.74) is 0.858. The molecule has 0 bridgehead atoms. The molecule has 2 heterocycles. The van der Waals surface area contributed by atoms with Gasteiger partial charge in [0.2, 0.25) is 0 Å². The van der Waals surface area contributed by atoms with Crippen molar-refractivity contribution in [3.63, 3.8) is 0 Å². The van der Waals surface area contributed by atoms with E-state index in [1.165, 1.54) is 6.92 Å². The van der Waals surface area contributed by atoms with Gasteiger partial charge in [-0.25, -0.2) is 9.78 Å². The number of carbonyl (C=O) groups is 1. The summed E-state index contributed by atoms with van der Waals surface area (Å²) in [6.45, 7) is 4.67. The Kier molecular flexibility index (Phi) is 2.60. The van der Waals surface area contributed by atoms with Gasteiger partial charge in [0.1, 0.15) is 11.3 Å². The number of rotatable bonds is 1. The molecule has 0 unspecified atom stereocenters. The van der Waals surface area contributed by atoms with E-state index in [4.69, 9.17) is 13.6 Å². The first kappa shape index (κ1) is 12.4. The van der Waals surface area contributed by atoms with Gasteiger partial charge in [-0.05, 0) is 19.1 Å². The quantitative estimate of drug-likeness (QED) is 0.385. The number of carbonyl (C=O) groups excluding carboxylic acids is 1. The fourth-order valence-electron chi connectivity index (χ4n) is 2.14. The second-order valence-corrected chi connectivity index (χ2v) is 4.46. The van der Waals surface area contributed by atoms with Crippen LogP contribution in [0.3, 0.4) is 0 Å². The maximum atomic E-state index is 11.9. The molecule has 0 saturated carbocycles. The molecule has 20 heavy (non-hydrogen) atoms. The minimum Gasteiger partial charge on any atom is -0.440 e. The number of benzene rings is 1. The Hall–Kier alpha value is -2.63. The highest BCUT2D eigenvalue weighted by atomic mass is 16.5. The molecule has 0 fully saturated rings. The molecule has 1 aromatic carbocycles. The summed E-state index contributed by atoms with van der Waals surface area (Å²) >= 11 is 0. The van der Waals surface area contributed by atoms with Crippen LogP contribution in [0.1, 0.15) is 18.4 Å². The molecule has 2 aromatic heterocycles. The predicted molar refractivity (Wildman–Crippen MR) is 70.8 cm³/mol. The number of nitrogens with zero attached hydrogens (tertiary/aromatic N) is 1. The Morgan fingerprint density at radius 3 is 2.65 bits per heavy atom. The molecule has 6 nitrogen and oxygen atoms in total. The van der Waals surface area contributed by atoms with Crippen molar-refractivity contribution in [2.24, 2.45) is 0 Å². The topological polar surface area (TPSA) is 82.5 Å². The van der Waals surface area contributed by atoms with Gasteiger partial charge in [0.05, 0.1) is 5.39 Å². The minimum absolute atomic E-state index is 0.162. The second-order valence-electron chi connectivity index (χ2n) is 4.46. The zero-order chi connectivity index (χ0) is 14.4. The molecule has 102 valence electrons. The molecular formula is C14H11NO5. The normalized spacial score (nSPS) is 11.2. The van der Waals surface area contributed by atoms with Crippen molar-refractivity contribution < 1.29 is 18.4 Å². The smallest absolute Gasteiger partial charge is 0.366 e. The number of esters is 1. The van der Waals surface area contributed by atoms with Crippen molar-refractivity contribution in [2.75, 3.05) is 0 Å². The average Bonchev–Trinajstić information content (AvgIpc) is 2.76. The van der Waals surface area contributed by atoms with Crippen LogP contribution in [0.4, 0.5) is 0 Å². The van der Waals surface area contributed by atoms with Crippen LogP contribution < -0.4 is 10.4 Å². The van der Waals surface area contributed by atoms with Gasteiger partial charge in [0.25, 0.3) is 0 Å². The lowest BCUT2D eigenvalue weighted by molar-refractivity contribution is -0.131. The van der Waals surface area contributed by atoms with Gasteiger partial charge < -0.3 is 13.6 Å². The monoisotopic (exact) mass is 273 g/mol. The number of aryl methyl sites for hydroxylation is 2. The standard InChI is InChI=1S/C14H11NO5/c1-6-10(19-8(3)16)5-4-9-12(6)20-14(17)11-13(9)18-7(2)15-11/h4-5H,1-3H3. The summed E-state index contributed by atoms with van der Waals surface area (Å²) in [5, 5.41) is 0.619. The van der Waals surface area contributed by atoms with Crippen LogP contribution >= 0.6 is 0 Å². The summed E-state index contributed by atoms with van der Waals surface area (Å²) in [6.07, 6.45) is 0. The molecule has 0 aliphatic rings. The summed E-state index contributed by atoms with van der Waals surface area (Å²) in [4.78, 5) is 26.9. The highest BCUT2D eigenvalue weighted by Crippen LogP contribution is 2.31. The third-order valence-electron chi connectivity index (χ3n) is 2.98. The minimum atomic E-state index is -0.576. The van der Waals surface area contributed by atoms with E-state index in [1.54, 1.807) is 26.0 Å². The molecule has 0 spiro atoms. The zero-order valence-electron chi connectivity index (χ0n) is 11.1. The number of hydrogen-bond donors (Lipinski definition) is 0. The predicted octanol–water partition coefficient (Wildman–Crippen LogP) is 2.48. The molecule has 0 aliphatic heterocycles. The fourth-order valence-corrected chi connectivity index (χ4v) is 2.14. The number of fused-ring (bicyclic) bond motifs is 3. The largest absolute Gasteiger partial charge is 0.440 e. The molecule has 0 amide bonds. The van der Waals surface area contributed by atoms with Crippen LogP contribution in [0, 0.1) is 13.8 Å². The summed E-state index contributed by atoms with van der Waals surface area (Å²) in [7, 11) is 0. The maximum absolute atomic E-state index is 11.9. The fraction of sp³-hybridized carbons (Fsp3) is 0.214. The molecule has 3 aromatic rings. The van der Waals surface area contributed by atoms with Crippen molar-refractivity contribution in [1.29, 1.82) is 0 Å². The number of ether oxygens (including phenoxy) is 1. The third kappa shape index (κ3) is 1.77. The third-order valence-corrected chi connectivity index (χ3v) is 2.98. The summed E-state index contributed by atoms with van der Waals surface area (Å²) in [5.74, 6) is 0.302. The van der Waals surface area contributed by atoms with Gasteiger partial charge in [-0.3, -0.25) is 4.79 Å². The van der Waals surface area contributed by atoms with E-state index in [1.807, 2.05) is 0 Å². The molecule has 0 aliphatic carbocycles. The molecule has 6 heteroatoms. The summed E-state index contributed by atoms with van der Waals surface area (Å²) in [6, 6.07) is 3.31. The van der Waals surface area contributed by atoms with E-state index in [2.05, 4.69) is 4.98 Å². The lowest BCUT2D eigenvalue weighted by Gasteiger charge is -2.07. The molecular weight excluding hydrogens is 262 g/mol. The Labute approximate surface area is 113 Å². The van der Waals surface area contributed by atoms with Crippen LogP contribution in [0.15, 0.2) is 25.8 Å². The van der Waals surface area contributed by atoms with Gasteiger partial charge >= 0.3 is 11.6 Å². The maximum Gasteiger partial charge on any atom is 0.366 e. The zero-order valence-corrected chi connectivity index (χ0v) is 11.1. The lowest BCUT2D eigenvalue weighted by Crippen LogP contribution is -2.04. The van der Waals surface area contributed by atoms with Gasteiger partial charge in [-0.15, -0.1) is 0 Å². The van der Waals surface area contributed by atoms with E-state index >= 15 is 0 Å². The number of oxazole rings is 1. The Morgan fingerprint density at radius 1 is 1.20 bits per heavy atom. The van der Waals surface area contributed by atoms with E-state index in [0.29, 0.717) is 33.8 Å². The van der Waals surface area contributed by atoms with Crippen LogP contribution in [0.25, 0.3) is 22.1 Å². The Balaban J connectivity index is 2.41. The van der Waals surface area contributed by atoms with E-state index in [-0.39, 0.29) is 5.52 Å². The molecule has 0 N–H and O–H groups in total. The van der Waals surface area contributed by atoms with Crippen LogP contribution in [-0.2, 0) is 4.79 Å². The molecule has 0 atom stereocenters. The average molecular weight is 273 g/mol. The van der Waals surface area contributed by atoms with Crippen molar-refractivity contribution in [1.82, 2.24) is 4.98 Å². The van der Waals surface area contributed by atoms with Gasteiger partial charge in [0, 0.05) is 19.4 Å². The number of hydrogen-bond acceptors (Lipinski definition) is 6. The highest BCUT2D eigenvalue weighted by Gasteiger charge is 2.17. The van der Waals surface area contributed by atoms with E-state index in [0.717, 1.165) is 0 Å². The van der Waals surface area contributed by atoms with Crippen molar-refractivity contribution in [3.05, 3.63) is 34.0 Å². The molecule has 3 rings (SSSR count). The first-order valence-corrected chi connectivity index (χ1v) is 5.99. The highest BCUT2D eigenvalue weighted by molar-refractivity contribution is 6.01. The van der Waals surface area contributed by atoms with Gasteiger partial charge in [0.15, 0.2) is 17.0 Å². The van der Waals surface area contributed by atoms with Crippen LogP contribution in [-0.4, -0.2) is 11.0 Å². The summed E-state index contributed by atoms with van der Waals surface area (Å²) < 4.78 is 15.8. The Bertz CT molecular complexity index is 903. The SMILES string of the molecule is CC(=O)Oc1ccc2c(oc(=O)c3nc(C)oc32)c1C. The second kappa shape index (κ2) is 4.19. The van der Waals surface area contributed by atoms with Crippen molar-refractivity contribution in [2.45, 2.75) is 20.8 Å². The van der Waals surface area contributed by atoms with Crippen molar-refractivity contribution in [3.8, 4) is 5.75 Å². The first-order chi connectivity index (χ1) is 9.47. The van der Waals surface area contributed by atoms with Gasteiger partial charge in [-0.1, -0.05) is 0 Å². The molecule has 0 radical (unpaired) electrons. The van der Waals surface area contributed by atoms with Crippen LogP contribution in [0.2, 0.25) is 0 Å². The van der Waals surface area contributed by atoms with Gasteiger partial charge in [-0.2, -0.15) is 0 Å². The Morgan fingerprint density at radius 2 is 1.95 bits per heavy atom. The van der Waals surface area contributed by atoms with E-state index < -0.39 is 11.6 Å². The van der Waals surface area contributed by atoms with Crippen LogP contribution in [0.5, 0.6) is 5.75 Å². The van der Waals surface area contributed by atoms with E-state index in [9.17, 15) is 9.59 Å². The lowest BCUT2D eigenvalue weighted by atomic mass is 10.1.